The van der Waals surface area contributed by atoms with Crippen molar-refractivity contribution in [3.63, 3.8) is 0 Å². The lowest BCUT2D eigenvalue weighted by atomic mass is 10.1. The molecule has 5 heteroatoms. The first kappa shape index (κ1) is 15.0. The second-order valence-electron chi connectivity index (χ2n) is 5.46. The Morgan fingerprint density at radius 2 is 1.80 bits per heavy atom. The molecule has 20 heavy (non-hydrogen) atoms. The lowest BCUT2D eigenvalue weighted by Gasteiger charge is -2.16. The van der Waals surface area contributed by atoms with E-state index in [1.165, 1.54) is 25.0 Å². The van der Waals surface area contributed by atoms with Gasteiger partial charge in [0.2, 0.25) is 0 Å². The van der Waals surface area contributed by atoms with Crippen molar-refractivity contribution in [1.29, 1.82) is 0 Å². The van der Waals surface area contributed by atoms with Crippen molar-refractivity contribution in [2.24, 2.45) is 0 Å². The summed E-state index contributed by atoms with van der Waals surface area (Å²) in [5.74, 6) is -0.178. The van der Waals surface area contributed by atoms with Crippen molar-refractivity contribution in [3.05, 3.63) is 29.8 Å². The van der Waals surface area contributed by atoms with Crippen LogP contribution in [0.25, 0.3) is 0 Å². The highest BCUT2D eigenvalue weighted by atomic mass is 32.2. The van der Waals surface area contributed by atoms with Gasteiger partial charge in [0.05, 0.1) is 4.90 Å². The molecule has 1 aromatic rings. The fourth-order valence-electron chi connectivity index (χ4n) is 2.56. The molecule has 0 aromatic heterocycles. The van der Waals surface area contributed by atoms with Crippen molar-refractivity contribution in [3.8, 4) is 0 Å². The van der Waals surface area contributed by atoms with Crippen LogP contribution in [0.3, 0.4) is 0 Å². The van der Waals surface area contributed by atoms with Crippen LogP contribution in [0.2, 0.25) is 0 Å². The molecule has 0 spiro atoms. The summed E-state index contributed by atoms with van der Waals surface area (Å²) in [6.45, 7) is 0. The summed E-state index contributed by atoms with van der Waals surface area (Å²) in [7, 11) is -3.28. The molecule has 0 saturated heterocycles. The third kappa shape index (κ3) is 4.07. The molecule has 1 amide bonds. The highest BCUT2D eigenvalue weighted by Crippen LogP contribution is 2.18. The topological polar surface area (TPSA) is 63.2 Å². The zero-order chi connectivity index (χ0) is 14.6. The lowest BCUT2D eigenvalue weighted by molar-refractivity contribution is 0.0933. The highest BCUT2D eigenvalue weighted by Gasteiger charge is 2.17. The van der Waals surface area contributed by atoms with Crippen molar-refractivity contribution >= 4 is 15.7 Å². The van der Waals surface area contributed by atoms with Gasteiger partial charge in [0.25, 0.3) is 5.91 Å². The van der Waals surface area contributed by atoms with Gasteiger partial charge >= 0.3 is 0 Å². The molecule has 0 aliphatic heterocycles. The monoisotopic (exact) mass is 295 g/mol. The summed E-state index contributed by atoms with van der Waals surface area (Å²) in [6.07, 6.45) is 7.93. The van der Waals surface area contributed by atoms with Crippen molar-refractivity contribution in [2.45, 2.75) is 49.5 Å². The van der Waals surface area contributed by atoms with E-state index in [2.05, 4.69) is 5.32 Å². The number of benzene rings is 1. The van der Waals surface area contributed by atoms with Crippen LogP contribution < -0.4 is 5.32 Å². The van der Waals surface area contributed by atoms with Gasteiger partial charge in [-0.3, -0.25) is 4.79 Å². The summed E-state index contributed by atoms with van der Waals surface area (Å²) in [6, 6.07) is 6.44. The number of sulfone groups is 1. The van der Waals surface area contributed by atoms with Gasteiger partial charge in [-0.1, -0.05) is 31.7 Å². The Labute approximate surface area is 120 Å². The Morgan fingerprint density at radius 3 is 2.40 bits per heavy atom. The van der Waals surface area contributed by atoms with E-state index in [1.807, 2.05) is 0 Å². The Morgan fingerprint density at radius 1 is 1.15 bits per heavy atom. The lowest BCUT2D eigenvalue weighted by Crippen LogP contribution is -2.34. The summed E-state index contributed by atoms with van der Waals surface area (Å²) < 4.78 is 23.0. The molecule has 4 nitrogen and oxygen atoms in total. The molecule has 1 aromatic carbocycles. The summed E-state index contributed by atoms with van der Waals surface area (Å²) in [5, 5.41) is 3.02. The number of rotatable bonds is 3. The second kappa shape index (κ2) is 6.39. The Balaban J connectivity index is 2.09. The minimum absolute atomic E-state index is 0.178. The van der Waals surface area contributed by atoms with E-state index in [0.717, 1.165) is 31.9 Å². The molecule has 1 fully saturated rings. The average Bonchev–Trinajstić information content (AvgIpc) is 2.66. The van der Waals surface area contributed by atoms with Gasteiger partial charge in [0, 0.05) is 17.9 Å². The Hall–Kier alpha value is -1.36. The quantitative estimate of drug-likeness (QED) is 0.872. The molecule has 1 saturated carbocycles. The predicted octanol–water partition coefficient (Wildman–Crippen LogP) is 2.54. The van der Waals surface area contributed by atoms with Crippen LogP contribution in [-0.2, 0) is 9.84 Å². The van der Waals surface area contributed by atoms with Gasteiger partial charge in [-0.05, 0) is 31.0 Å². The third-order valence-corrected chi connectivity index (χ3v) is 4.83. The number of amides is 1. The smallest absolute Gasteiger partial charge is 0.251 e. The number of nitrogens with one attached hydrogen (secondary N) is 1. The molecule has 0 radical (unpaired) electrons. The summed E-state index contributed by atoms with van der Waals surface area (Å²) in [5.41, 5.74) is 0.414. The van der Waals surface area contributed by atoms with E-state index in [0.29, 0.717) is 5.56 Å². The molecular weight excluding hydrogens is 274 g/mol. The molecule has 2 rings (SSSR count). The highest BCUT2D eigenvalue weighted by molar-refractivity contribution is 7.90. The van der Waals surface area contributed by atoms with Crippen molar-refractivity contribution < 1.29 is 13.2 Å². The van der Waals surface area contributed by atoms with E-state index >= 15 is 0 Å². The van der Waals surface area contributed by atoms with Crippen LogP contribution in [-0.4, -0.2) is 26.6 Å². The number of carbonyl (C=O) groups is 1. The zero-order valence-electron chi connectivity index (χ0n) is 11.8. The van der Waals surface area contributed by atoms with Gasteiger partial charge in [0.15, 0.2) is 9.84 Å². The fourth-order valence-corrected chi connectivity index (χ4v) is 3.23. The van der Waals surface area contributed by atoms with Gasteiger partial charge < -0.3 is 5.32 Å². The molecule has 1 aliphatic carbocycles. The predicted molar refractivity (Wildman–Crippen MR) is 78.5 cm³/mol. The van der Waals surface area contributed by atoms with Crippen molar-refractivity contribution in [2.75, 3.05) is 6.26 Å². The van der Waals surface area contributed by atoms with Crippen LogP contribution in [0.1, 0.15) is 48.9 Å². The third-order valence-electron chi connectivity index (χ3n) is 3.71. The van der Waals surface area contributed by atoms with Crippen LogP contribution in [0, 0.1) is 0 Å². The van der Waals surface area contributed by atoms with E-state index in [9.17, 15) is 13.2 Å². The maximum atomic E-state index is 12.2. The molecular formula is C15H21NO3S. The van der Waals surface area contributed by atoms with E-state index < -0.39 is 9.84 Å². The Kier molecular flexibility index (Phi) is 4.81. The number of carbonyl (C=O) groups excluding carboxylic acids is 1. The standard InChI is InChI=1S/C15H21NO3S/c1-20(18,19)14-10-6-7-12(11-14)15(17)16-13-8-4-2-3-5-9-13/h6-7,10-11,13H,2-5,8-9H2,1H3,(H,16,17). The maximum Gasteiger partial charge on any atom is 0.251 e. The first-order chi connectivity index (χ1) is 9.47. The molecule has 1 aliphatic rings. The zero-order valence-corrected chi connectivity index (χ0v) is 12.6. The number of hydrogen-bond acceptors (Lipinski definition) is 3. The minimum atomic E-state index is -3.28. The van der Waals surface area contributed by atoms with Crippen LogP contribution in [0.5, 0.6) is 0 Å². The first-order valence-electron chi connectivity index (χ1n) is 7.08. The number of hydrogen-bond donors (Lipinski definition) is 1. The average molecular weight is 295 g/mol. The molecule has 0 unspecified atom stereocenters. The molecule has 0 bridgehead atoms. The van der Waals surface area contributed by atoms with Gasteiger partial charge in [-0.2, -0.15) is 0 Å². The van der Waals surface area contributed by atoms with E-state index in [1.54, 1.807) is 12.1 Å². The van der Waals surface area contributed by atoms with Crippen molar-refractivity contribution in [1.82, 2.24) is 5.32 Å². The van der Waals surface area contributed by atoms with E-state index in [4.69, 9.17) is 0 Å². The van der Waals surface area contributed by atoms with Gasteiger partial charge in [-0.15, -0.1) is 0 Å². The minimum Gasteiger partial charge on any atom is -0.349 e. The largest absolute Gasteiger partial charge is 0.349 e. The molecule has 110 valence electrons. The van der Waals surface area contributed by atoms with Gasteiger partial charge in [0.1, 0.15) is 0 Å². The molecule has 1 N–H and O–H groups in total. The molecule has 0 atom stereocenters. The van der Waals surface area contributed by atoms with Gasteiger partial charge in [-0.25, -0.2) is 8.42 Å². The normalized spacial score (nSPS) is 17.4. The fraction of sp³-hybridized carbons (Fsp3) is 0.533. The summed E-state index contributed by atoms with van der Waals surface area (Å²) in [4.78, 5) is 12.4. The van der Waals surface area contributed by atoms with Crippen LogP contribution in [0.4, 0.5) is 0 Å². The SMILES string of the molecule is CS(=O)(=O)c1cccc(C(=O)NC2CCCCCC2)c1. The maximum absolute atomic E-state index is 12.2. The van der Waals surface area contributed by atoms with Crippen LogP contribution in [0.15, 0.2) is 29.2 Å². The molecule has 0 heterocycles. The Bertz CT molecular complexity index is 573. The second-order valence-corrected chi connectivity index (χ2v) is 7.48. The first-order valence-corrected chi connectivity index (χ1v) is 8.97. The summed E-state index contributed by atoms with van der Waals surface area (Å²) >= 11 is 0. The van der Waals surface area contributed by atoms with E-state index in [-0.39, 0.29) is 16.8 Å². The van der Waals surface area contributed by atoms with Crippen LogP contribution >= 0.6 is 0 Å².